The molecule has 1 aromatic rings. The fourth-order valence-electron chi connectivity index (χ4n) is 2.98. The number of nitrogens with zero attached hydrogens (tertiary/aromatic N) is 1. The van der Waals surface area contributed by atoms with Crippen LogP contribution in [0.4, 0.5) is 0 Å². The van der Waals surface area contributed by atoms with Crippen LogP contribution in [0.3, 0.4) is 0 Å². The molecule has 1 heterocycles. The summed E-state index contributed by atoms with van der Waals surface area (Å²) in [6, 6.07) is 7.42. The number of likely N-dealkylation sites (tertiary alicyclic amines) is 1. The van der Waals surface area contributed by atoms with E-state index >= 15 is 0 Å². The molecule has 1 saturated carbocycles. The number of hydrogen-bond donors (Lipinski definition) is 0. The van der Waals surface area contributed by atoms with Crippen molar-refractivity contribution in [1.82, 2.24) is 4.90 Å². The monoisotopic (exact) mass is 277 g/mol. The molecule has 0 amide bonds. The normalized spacial score (nSPS) is 24.4. The van der Waals surface area contributed by atoms with Gasteiger partial charge in [0.05, 0.1) is 5.02 Å². The summed E-state index contributed by atoms with van der Waals surface area (Å²) in [7, 11) is 0. The van der Waals surface area contributed by atoms with Crippen LogP contribution in [-0.4, -0.2) is 30.3 Å². The number of piperidine rings is 1. The minimum Gasteiger partial charge on any atom is -0.302 e. The number of halogens is 1. The number of rotatable bonds is 4. The van der Waals surface area contributed by atoms with Crippen LogP contribution in [0.2, 0.25) is 5.02 Å². The third-order valence-electron chi connectivity index (χ3n) is 4.23. The Bertz CT molecular complexity index is 470. The number of Topliss-reactive ketones (excluding diaryl/α,β-unsaturated/α-hetero) is 1. The molecular formula is C16H20ClNO. The van der Waals surface area contributed by atoms with Gasteiger partial charge in [-0.15, -0.1) is 0 Å². The minimum atomic E-state index is 0.132. The minimum absolute atomic E-state index is 0.132. The lowest BCUT2D eigenvalue weighted by atomic mass is 9.90. The van der Waals surface area contributed by atoms with Crippen LogP contribution in [-0.2, 0) is 0 Å². The predicted octanol–water partition coefficient (Wildman–Crippen LogP) is 3.64. The molecule has 0 N–H and O–H groups in total. The van der Waals surface area contributed by atoms with E-state index in [1.54, 1.807) is 6.07 Å². The van der Waals surface area contributed by atoms with E-state index in [9.17, 15) is 4.79 Å². The Morgan fingerprint density at radius 2 is 2.05 bits per heavy atom. The molecule has 3 rings (SSSR count). The molecule has 3 heteroatoms. The van der Waals surface area contributed by atoms with Crippen molar-refractivity contribution in [3.63, 3.8) is 0 Å². The zero-order valence-electron chi connectivity index (χ0n) is 11.1. The third kappa shape index (κ3) is 3.18. The summed E-state index contributed by atoms with van der Waals surface area (Å²) in [5.41, 5.74) is 0.697. The molecule has 1 aromatic carbocycles. The standard InChI is InChI=1S/C16H20ClNO/c17-15-6-2-1-5-14(15)16(19)13-4-3-9-18(11-13)10-12-7-8-12/h1-2,5-6,12-13H,3-4,7-11H2. The quantitative estimate of drug-likeness (QED) is 0.783. The smallest absolute Gasteiger partial charge is 0.168 e. The van der Waals surface area contributed by atoms with Gasteiger partial charge >= 0.3 is 0 Å². The molecule has 2 aliphatic rings. The summed E-state index contributed by atoms with van der Waals surface area (Å²) in [5.74, 6) is 1.26. The highest BCUT2D eigenvalue weighted by molar-refractivity contribution is 6.34. The second-order valence-corrected chi connectivity index (χ2v) is 6.29. The Labute approximate surface area is 119 Å². The first kappa shape index (κ1) is 13.1. The summed E-state index contributed by atoms with van der Waals surface area (Å²) in [6.45, 7) is 3.26. The van der Waals surface area contributed by atoms with Gasteiger partial charge < -0.3 is 4.90 Å². The zero-order valence-corrected chi connectivity index (χ0v) is 11.9. The van der Waals surface area contributed by atoms with Crippen LogP contribution >= 0.6 is 11.6 Å². The fraction of sp³-hybridized carbons (Fsp3) is 0.562. The molecule has 1 atom stereocenters. The molecule has 2 fully saturated rings. The van der Waals surface area contributed by atoms with Crippen molar-refractivity contribution >= 4 is 17.4 Å². The Balaban J connectivity index is 1.67. The molecule has 19 heavy (non-hydrogen) atoms. The van der Waals surface area contributed by atoms with E-state index in [0.717, 1.165) is 31.8 Å². The summed E-state index contributed by atoms with van der Waals surface area (Å²) < 4.78 is 0. The summed E-state index contributed by atoms with van der Waals surface area (Å²) in [6.07, 6.45) is 4.89. The van der Waals surface area contributed by atoms with Crippen LogP contribution in [0.1, 0.15) is 36.0 Å². The number of carbonyl (C=O) groups excluding carboxylic acids is 1. The molecule has 0 radical (unpaired) electrons. The molecule has 1 unspecified atom stereocenters. The van der Waals surface area contributed by atoms with Crippen molar-refractivity contribution < 1.29 is 4.79 Å². The van der Waals surface area contributed by atoms with E-state index in [-0.39, 0.29) is 11.7 Å². The van der Waals surface area contributed by atoms with Gasteiger partial charge in [0.25, 0.3) is 0 Å². The van der Waals surface area contributed by atoms with Crippen molar-refractivity contribution in [3.05, 3.63) is 34.9 Å². The zero-order chi connectivity index (χ0) is 13.2. The van der Waals surface area contributed by atoms with Crippen molar-refractivity contribution in [2.24, 2.45) is 11.8 Å². The van der Waals surface area contributed by atoms with Crippen molar-refractivity contribution in [3.8, 4) is 0 Å². The van der Waals surface area contributed by atoms with Gasteiger partial charge in [-0.3, -0.25) is 4.79 Å². The van der Waals surface area contributed by atoms with Crippen molar-refractivity contribution in [2.75, 3.05) is 19.6 Å². The molecule has 102 valence electrons. The molecule has 0 bridgehead atoms. The Kier molecular flexibility index (Phi) is 3.90. The van der Waals surface area contributed by atoms with Crippen LogP contribution in [0.15, 0.2) is 24.3 Å². The van der Waals surface area contributed by atoms with Gasteiger partial charge in [0.15, 0.2) is 5.78 Å². The van der Waals surface area contributed by atoms with Crippen molar-refractivity contribution in [1.29, 1.82) is 0 Å². The highest BCUT2D eigenvalue weighted by Crippen LogP contribution is 2.32. The lowest BCUT2D eigenvalue weighted by Crippen LogP contribution is -2.39. The topological polar surface area (TPSA) is 20.3 Å². The summed E-state index contributed by atoms with van der Waals surface area (Å²) in [5, 5.41) is 0.590. The van der Waals surface area contributed by atoms with Crippen LogP contribution in [0.25, 0.3) is 0 Å². The summed E-state index contributed by atoms with van der Waals surface area (Å²) in [4.78, 5) is 15.0. The average Bonchev–Trinajstić information content (AvgIpc) is 3.23. The summed E-state index contributed by atoms with van der Waals surface area (Å²) >= 11 is 6.13. The maximum Gasteiger partial charge on any atom is 0.168 e. The molecular weight excluding hydrogens is 258 g/mol. The molecule has 1 saturated heterocycles. The maximum absolute atomic E-state index is 12.6. The van der Waals surface area contributed by atoms with Gasteiger partial charge in [-0.05, 0) is 50.3 Å². The lowest BCUT2D eigenvalue weighted by molar-refractivity contribution is 0.0815. The van der Waals surface area contributed by atoms with E-state index in [4.69, 9.17) is 11.6 Å². The highest BCUT2D eigenvalue weighted by atomic mass is 35.5. The van der Waals surface area contributed by atoms with E-state index < -0.39 is 0 Å². The lowest BCUT2D eigenvalue weighted by Gasteiger charge is -2.32. The number of benzene rings is 1. The van der Waals surface area contributed by atoms with Gasteiger partial charge in [0.2, 0.25) is 0 Å². The third-order valence-corrected chi connectivity index (χ3v) is 4.56. The number of hydrogen-bond acceptors (Lipinski definition) is 2. The first-order chi connectivity index (χ1) is 9.24. The number of carbonyl (C=O) groups is 1. The van der Waals surface area contributed by atoms with Gasteiger partial charge in [-0.1, -0.05) is 23.7 Å². The highest BCUT2D eigenvalue weighted by Gasteiger charge is 2.31. The Morgan fingerprint density at radius 3 is 2.79 bits per heavy atom. The molecule has 1 aliphatic carbocycles. The first-order valence-corrected chi connectivity index (χ1v) is 7.63. The Morgan fingerprint density at radius 1 is 1.26 bits per heavy atom. The van der Waals surface area contributed by atoms with Crippen molar-refractivity contribution in [2.45, 2.75) is 25.7 Å². The second kappa shape index (κ2) is 5.64. The van der Waals surface area contributed by atoms with Crippen LogP contribution in [0, 0.1) is 11.8 Å². The Hall–Kier alpha value is -0.860. The molecule has 0 aromatic heterocycles. The van der Waals surface area contributed by atoms with E-state index in [2.05, 4.69) is 4.90 Å². The van der Waals surface area contributed by atoms with Crippen LogP contribution in [0.5, 0.6) is 0 Å². The fourth-order valence-corrected chi connectivity index (χ4v) is 3.21. The van der Waals surface area contributed by atoms with Gasteiger partial charge in [0, 0.05) is 24.6 Å². The maximum atomic E-state index is 12.6. The molecule has 2 nitrogen and oxygen atoms in total. The molecule has 0 spiro atoms. The average molecular weight is 278 g/mol. The second-order valence-electron chi connectivity index (χ2n) is 5.89. The van der Waals surface area contributed by atoms with Crippen LogP contribution < -0.4 is 0 Å². The number of ketones is 1. The van der Waals surface area contributed by atoms with Gasteiger partial charge in [-0.25, -0.2) is 0 Å². The van der Waals surface area contributed by atoms with Gasteiger partial charge in [-0.2, -0.15) is 0 Å². The van der Waals surface area contributed by atoms with E-state index in [0.29, 0.717) is 10.6 Å². The molecule has 1 aliphatic heterocycles. The predicted molar refractivity (Wildman–Crippen MR) is 77.7 cm³/mol. The van der Waals surface area contributed by atoms with Gasteiger partial charge in [0.1, 0.15) is 0 Å². The first-order valence-electron chi connectivity index (χ1n) is 7.25. The SMILES string of the molecule is O=C(c1ccccc1Cl)C1CCCN(CC2CC2)C1. The largest absolute Gasteiger partial charge is 0.302 e. The van der Waals surface area contributed by atoms with E-state index in [1.165, 1.54) is 19.4 Å². The van der Waals surface area contributed by atoms with E-state index in [1.807, 2.05) is 18.2 Å².